The predicted octanol–water partition coefficient (Wildman–Crippen LogP) is 7.70. The highest BCUT2D eigenvalue weighted by molar-refractivity contribution is 5.82. The summed E-state index contributed by atoms with van der Waals surface area (Å²) in [6, 6.07) is 6.31. The molecule has 81 heavy (non-hydrogen) atoms. The average molecular weight is 1150 g/mol. The second-order valence-corrected chi connectivity index (χ2v) is 26.8. The van der Waals surface area contributed by atoms with Crippen LogP contribution in [0.1, 0.15) is 135 Å². The molecule has 5 aliphatic rings. The fourth-order valence-corrected chi connectivity index (χ4v) is 14.0. The zero-order valence-electron chi connectivity index (χ0n) is 53.1. The Morgan fingerprint density at radius 1 is 0.667 bits per heavy atom. The molecule has 0 aromatic heterocycles. The monoisotopic (exact) mass is 1140 g/mol. The summed E-state index contributed by atoms with van der Waals surface area (Å²) in [5.74, 6) is 2.82. The number of carbonyl (C=O) groups is 1. The molecule has 3 N–H and O–H groups in total. The minimum absolute atomic E-state index is 0.0387. The van der Waals surface area contributed by atoms with Gasteiger partial charge in [0.2, 0.25) is 5.91 Å². The summed E-state index contributed by atoms with van der Waals surface area (Å²) in [5.41, 5.74) is -0.618. The van der Waals surface area contributed by atoms with Gasteiger partial charge in [0.25, 0.3) is 0 Å². The number of nitrogens with one attached hydrogen (secondary N) is 3. The standard InChI is InChI=1S/C64H119F3N12O2/c1-11-52(2)60-50-74(7)42-41-73(6)40-39-72(5)38-37-71(4)36-31-68-57(29-45-81-59-26-24-55(25-27-59)64(65,66)67)49-79-34-19-23-58(79)48-70-63(30-18-22-56(63)46-54-20-14-12-15-21-54)51-75(8)43-44-77(10)61(28-35-76(9)53(3)47-69-60)62(80)78-32-16-13-17-33-78/h24-27,52-54,56-58,60-61,68-70H,11-23,28-51H2,1-10H3/t52-,53?,56?,57?,58?,60?,61?,63?/m0/s1. The lowest BCUT2D eigenvalue weighted by Gasteiger charge is -2.43. The lowest BCUT2D eigenvalue weighted by Crippen LogP contribution is -2.59. The van der Waals surface area contributed by atoms with Gasteiger partial charge in [0, 0.05) is 148 Å². The van der Waals surface area contributed by atoms with E-state index in [4.69, 9.17) is 4.74 Å². The Hall–Kier alpha value is -2.16. The maximum atomic E-state index is 14.6. The molecule has 0 bridgehead atoms. The van der Waals surface area contributed by atoms with Gasteiger partial charge >= 0.3 is 6.18 Å². The third-order valence-electron chi connectivity index (χ3n) is 20.3. The van der Waals surface area contributed by atoms with Crippen LogP contribution in [0.15, 0.2) is 24.3 Å². The van der Waals surface area contributed by atoms with Gasteiger partial charge in [-0.05, 0) is 169 Å². The van der Waals surface area contributed by atoms with E-state index in [-0.39, 0.29) is 17.6 Å². The molecule has 5 fully saturated rings. The van der Waals surface area contributed by atoms with Gasteiger partial charge in [-0.1, -0.05) is 58.8 Å². The smallest absolute Gasteiger partial charge is 0.416 e. The van der Waals surface area contributed by atoms with Gasteiger partial charge in [-0.3, -0.25) is 14.6 Å². The molecule has 3 heterocycles. The lowest BCUT2D eigenvalue weighted by atomic mass is 9.76. The Kier molecular flexibility index (Phi) is 29.2. The quantitative estimate of drug-likeness (QED) is 0.226. The highest BCUT2D eigenvalue weighted by atomic mass is 19.4. The number of carbonyl (C=O) groups excluding carboxylic acids is 1. The number of ether oxygens (including phenoxy) is 1. The zero-order valence-corrected chi connectivity index (χ0v) is 53.1. The van der Waals surface area contributed by atoms with Gasteiger partial charge in [0.05, 0.1) is 18.2 Å². The highest BCUT2D eigenvalue weighted by Crippen LogP contribution is 2.43. The van der Waals surface area contributed by atoms with Gasteiger partial charge in [-0.25, -0.2) is 0 Å². The van der Waals surface area contributed by atoms with E-state index < -0.39 is 11.7 Å². The van der Waals surface area contributed by atoms with Crippen LogP contribution in [0.5, 0.6) is 5.75 Å². The van der Waals surface area contributed by atoms with E-state index in [0.29, 0.717) is 48.2 Å². The van der Waals surface area contributed by atoms with Crippen LogP contribution in [0.3, 0.4) is 0 Å². The summed E-state index contributed by atoms with van der Waals surface area (Å²) < 4.78 is 46.3. The van der Waals surface area contributed by atoms with Crippen molar-refractivity contribution in [3.05, 3.63) is 29.8 Å². The van der Waals surface area contributed by atoms with Gasteiger partial charge in [0.1, 0.15) is 5.75 Å². The topological polar surface area (TPSA) is 91.5 Å². The molecular formula is C64H119F3N12O2. The van der Waals surface area contributed by atoms with Crippen LogP contribution in [-0.2, 0) is 11.0 Å². The van der Waals surface area contributed by atoms with Gasteiger partial charge in [0.15, 0.2) is 0 Å². The first-order chi connectivity index (χ1) is 38.8. The first kappa shape index (κ1) is 68.0. The summed E-state index contributed by atoms with van der Waals surface area (Å²) in [5, 5.41) is 12.4. The number of nitrogens with zero attached hydrogens (tertiary/aromatic N) is 9. The van der Waals surface area contributed by atoms with Crippen molar-refractivity contribution in [2.45, 2.75) is 172 Å². The number of piperidine rings is 1. The SMILES string of the molecule is CC[C@H](C)C1CN(C)CCN(C)CCN(C)CCN(C)CCNC(CCOc2ccc(C(F)(F)F)cc2)CN2CCCC2CNC2(CCCC2CC2CCCCC2)CN(C)CCN(C)C(C(=O)N2CCCCC2)CCN(C)C(C)CN1. The largest absolute Gasteiger partial charge is 0.494 e. The third kappa shape index (κ3) is 22.9. The number of halogens is 3. The van der Waals surface area contributed by atoms with Gasteiger partial charge < -0.3 is 55.0 Å². The summed E-state index contributed by atoms with van der Waals surface area (Å²) in [7, 11) is 15.8. The van der Waals surface area contributed by atoms with Crippen LogP contribution >= 0.6 is 0 Å². The molecule has 1 spiro atoms. The van der Waals surface area contributed by atoms with Crippen molar-refractivity contribution in [1.82, 2.24) is 60.0 Å². The molecule has 6 rings (SSSR count). The van der Waals surface area contributed by atoms with Crippen molar-refractivity contribution in [3.63, 3.8) is 0 Å². The Balaban J connectivity index is 1.19. The maximum absolute atomic E-state index is 14.6. The minimum Gasteiger partial charge on any atom is -0.494 e. The normalized spacial score (nSPS) is 31.0. The molecule has 2 saturated carbocycles. The molecule has 14 nitrogen and oxygen atoms in total. The molecule has 3 saturated heterocycles. The number of hydrogen-bond acceptors (Lipinski definition) is 13. The molecule has 1 aromatic carbocycles. The first-order valence-electron chi connectivity index (χ1n) is 32.7. The van der Waals surface area contributed by atoms with E-state index in [2.05, 4.69) is 130 Å². The van der Waals surface area contributed by atoms with Crippen molar-refractivity contribution < 1.29 is 22.7 Å². The fourth-order valence-electron chi connectivity index (χ4n) is 14.0. The number of benzene rings is 1. The molecule has 2 aliphatic carbocycles. The van der Waals surface area contributed by atoms with E-state index in [9.17, 15) is 18.0 Å². The van der Waals surface area contributed by atoms with Crippen molar-refractivity contribution in [1.29, 1.82) is 0 Å². The van der Waals surface area contributed by atoms with Crippen molar-refractivity contribution in [2.24, 2.45) is 17.8 Å². The van der Waals surface area contributed by atoms with Crippen LogP contribution in [0.4, 0.5) is 13.2 Å². The number of fused-ring (bicyclic) bond motifs is 1. The number of amides is 1. The van der Waals surface area contributed by atoms with Crippen molar-refractivity contribution in [3.8, 4) is 5.75 Å². The van der Waals surface area contributed by atoms with Gasteiger partial charge in [-0.15, -0.1) is 0 Å². The maximum Gasteiger partial charge on any atom is 0.416 e. The van der Waals surface area contributed by atoms with Crippen LogP contribution in [0.25, 0.3) is 0 Å². The number of rotatable bonds is 9. The first-order valence-corrected chi connectivity index (χ1v) is 32.7. The molecule has 468 valence electrons. The molecule has 7 unspecified atom stereocenters. The van der Waals surface area contributed by atoms with E-state index >= 15 is 0 Å². The molecule has 1 amide bonds. The highest BCUT2D eigenvalue weighted by Gasteiger charge is 2.45. The lowest BCUT2D eigenvalue weighted by molar-refractivity contribution is -0.138. The van der Waals surface area contributed by atoms with E-state index in [1.807, 2.05) is 0 Å². The van der Waals surface area contributed by atoms with Crippen molar-refractivity contribution in [2.75, 3.05) is 180 Å². The number of likely N-dealkylation sites (N-methyl/N-ethyl adjacent to an activating group) is 7. The molecule has 3 aliphatic heterocycles. The Bertz CT molecular complexity index is 1880. The zero-order chi connectivity index (χ0) is 58.4. The second-order valence-electron chi connectivity index (χ2n) is 26.8. The second kappa shape index (κ2) is 34.8. The summed E-state index contributed by atoms with van der Waals surface area (Å²) in [6.45, 7) is 25.6. The molecule has 17 heteroatoms. The Morgan fingerprint density at radius 3 is 1.98 bits per heavy atom. The average Bonchev–Trinajstić information content (AvgIpc) is 4.17. The fraction of sp³-hybridized carbons (Fsp3) is 0.891. The van der Waals surface area contributed by atoms with Crippen LogP contribution < -0.4 is 20.7 Å². The molecule has 0 radical (unpaired) electrons. The van der Waals surface area contributed by atoms with E-state index in [0.717, 1.165) is 175 Å². The number of hydrogen-bond donors (Lipinski definition) is 3. The van der Waals surface area contributed by atoms with Crippen LogP contribution in [0.2, 0.25) is 0 Å². The van der Waals surface area contributed by atoms with Crippen LogP contribution in [-0.4, -0.2) is 266 Å². The Labute approximate surface area is 492 Å². The predicted molar refractivity (Wildman–Crippen MR) is 329 cm³/mol. The summed E-state index contributed by atoms with van der Waals surface area (Å²) in [6.07, 6.45) is 16.1. The minimum atomic E-state index is -4.37. The molecule has 1 aromatic rings. The Morgan fingerprint density at radius 2 is 1.31 bits per heavy atom. The van der Waals surface area contributed by atoms with Crippen LogP contribution in [0, 0.1) is 17.8 Å². The van der Waals surface area contributed by atoms with Crippen molar-refractivity contribution >= 4 is 5.91 Å². The number of alkyl halides is 3. The summed E-state index contributed by atoms with van der Waals surface area (Å²) in [4.78, 5) is 36.9. The molecule has 8 atom stereocenters. The number of likely N-dealkylation sites (tertiary alicyclic amines) is 1. The van der Waals surface area contributed by atoms with E-state index in [1.165, 1.54) is 89.2 Å². The van der Waals surface area contributed by atoms with Gasteiger partial charge in [-0.2, -0.15) is 13.2 Å². The van der Waals surface area contributed by atoms with E-state index in [1.54, 1.807) is 0 Å². The molecular weight excluding hydrogens is 1030 g/mol. The summed E-state index contributed by atoms with van der Waals surface area (Å²) >= 11 is 0. The third-order valence-corrected chi connectivity index (χ3v) is 20.3.